The van der Waals surface area contributed by atoms with Crippen molar-refractivity contribution >= 4 is 0 Å². The third-order valence-corrected chi connectivity index (χ3v) is 4.79. The smallest absolute Gasteiger partial charge is 0.0729 e. The zero-order chi connectivity index (χ0) is 13.7. The van der Waals surface area contributed by atoms with Gasteiger partial charge in [-0.2, -0.15) is 0 Å². The van der Waals surface area contributed by atoms with Gasteiger partial charge in [0.25, 0.3) is 0 Å². The van der Waals surface area contributed by atoms with Crippen molar-refractivity contribution in [1.29, 1.82) is 0 Å². The highest BCUT2D eigenvalue weighted by molar-refractivity contribution is 4.93. The highest BCUT2D eigenvalue weighted by Crippen LogP contribution is 2.39. The van der Waals surface area contributed by atoms with Crippen molar-refractivity contribution in [2.75, 3.05) is 26.4 Å². The van der Waals surface area contributed by atoms with Crippen LogP contribution in [0.5, 0.6) is 0 Å². The summed E-state index contributed by atoms with van der Waals surface area (Å²) in [5.41, 5.74) is 0.127. The molecule has 0 aromatic heterocycles. The first-order chi connectivity index (χ1) is 9.17. The molecule has 2 atom stereocenters. The molecule has 0 amide bonds. The summed E-state index contributed by atoms with van der Waals surface area (Å²) in [5, 5.41) is 3.77. The molecule has 0 bridgehead atoms. The highest BCUT2D eigenvalue weighted by atomic mass is 16.5. The summed E-state index contributed by atoms with van der Waals surface area (Å²) in [6.07, 6.45) is 5.81. The summed E-state index contributed by atoms with van der Waals surface area (Å²) in [7, 11) is 0. The highest BCUT2D eigenvalue weighted by Gasteiger charge is 2.41. The fourth-order valence-corrected chi connectivity index (χ4v) is 3.72. The van der Waals surface area contributed by atoms with E-state index in [1.165, 1.54) is 19.3 Å². The first kappa shape index (κ1) is 15.3. The maximum atomic E-state index is 6.16. The molecule has 2 fully saturated rings. The maximum Gasteiger partial charge on any atom is 0.0729 e. The van der Waals surface area contributed by atoms with Gasteiger partial charge in [-0.1, -0.05) is 20.8 Å². The summed E-state index contributed by atoms with van der Waals surface area (Å²) in [6, 6.07) is 0.642. The molecule has 2 saturated heterocycles. The van der Waals surface area contributed by atoms with E-state index in [1.807, 2.05) is 0 Å². The van der Waals surface area contributed by atoms with Crippen molar-refractivity contribution in [2.45, 2.75) is 64.5 Å². The molecule has 0 radical (unpaired) electrons. The minimum Gasteiger partial charge on any atom is -0.381 e. The van der Waals surface area contributed by atoms with Gasteiger partial charge in [0.15, 0.2) is 0 Å². The minimum absolute atomic E-state index is 0.127. The largest absolute Gasteiger partial charge is 0.381 e. The number of rotatable bonds is 5. The van der Waals surface area contributed by atoms with Crippen LogP contribution in [0.25, 0.3) is 0 Å². The Labute approximate surface area is 118 Å². The molecule has 1 N–H and O–H groups in total. The third-order valence-electron chi connectivity index (χ3n) is 4.79. The Balaban J connectivity index is 1.97. The van der Waals surface area contributed by atoms with Crippen molar-refractivity contribution in [3.63, 3.8) is 0 Å². The Kier molecular flexibility index (Phi) is 5.67. The quantitative estimate of drug-likeness (QED) is 0.832. The molecule has 3 heteroatoms. The molecule has 0 aromatic rings. The summed E-state index contributed by atoms with van der Waals surface area (Å²) in [6.45, 7) is 10.8. The predicted molar refractivity (Wildman–Crippen MR) is 78.4 cm³/mol. The van der Waals surface area contributed by atoms with E-state index in [-0.39, 0.29) is 5.60 Å². The molecule has 0 aromatic carbocycles. The Morgan fingerprint density at radius 2 is 1.95 bits per heavy atom. The summed E-state index contributed by atoms with van der Waals surface area (Å²) in [5.74, 6) is 1.46. The van der Waals surface area contributed by atoms with Crippen LogP contribution < -0.4 is 5.32 Å². The van der Waals surface area contributed by atoms with E-state index in [1.54, 1.807) is 0 Å². The molecule has 1 spiro atoms. The van der Waals surface area contributed by atoms with Gasteiger partial charge in [0.05, 0.1) is 5.60 Å². The molecule has 112 valence electrons. The topological polar surface area (TPSA) is 30.5 Å². The fraction of sp³-hybridized carbons (Fsp3) is 1.00. The summed E-state index contributed by atoms with van der Waals surface area (Å²) >= 11 is 0. The molecular weight excluding hydrogens is 238 g/mol. The Bertz CT molecular complexity index is 256. The molecule has 2 unspecified atom stereocenters. The lowest BCUT2D eigenvalue weighted by Crippen LogP contribution is -2.50. The van der Waals surface area contributed by atoms with Gasteiger partial charge in [-0.15, -0.1) is 0 Å². The van der Waals surface area contributed by atoms with Gasteiger partial charge in [0.1, 0.15) is 0 Å². The zero-order valence-corrected chi connectivity index (χ0v) is 12.9. The van der Waals surface area contributed by atoms with Gasteiger partial charge in [-0.05, 0) is 50.5 Å². The summed E-state index contributed by atoms with van der Waals surface area (Å²) in [4.78, 5) is 0. The van der Waals surface area contributed by atoms with E-state index in [0.29, 0.717) is 12.0 Å². The van der Waals surface area contributed by atoms with Gasteiger partial charge in [-0.25, -0.2) is 0 Å². The van der Waals surface area contributed by atoms with Crippen LogP contribution in [-0.2, 0) is 9.47 Å². The number of hydrogen-bond acceptors (Lipinski definition) is 3. The van der Waals surface area contributed by atoms with Crippen LogP contribution in [0.15, 0.2) is 0 Å². The molecule has 2 heterocycles. The second-order valence-electron chi connectivity index (χ2n) is 6.62. The second-order valence-corrected chi connectivity index (χ2v) is 6.62. The molecule has 0 aliphatic carbocycles. The Morgan fingerprint density at radius 3 is 2.58 bits per heavy atom. The van der Waals surface area contributed by atoms with Crippen molar-refractivity contribution in [2.24, 2.45) is 11.8 Å². The van der Waals surface area contributed by atoms with Crippen LogP contribution in [0.2, 0.25) is 0 Å². The SMILES string of the molecule is CCCNC(C(C)C)C1CCOC2(CCOCC2)C1. The van der Waals surface area contributed by atoms with Crippen LogP contribution in [0.4, 0.5) is 0 Å². The average molecular weight is 269 g/mol. The van der Waals surface area contributed by atoms with E-state index in [2.05, 4.69) is 26.1 Å². The monoisotopic (exact) mass is 269 g/mol. The van der Waals surface area contributed by atoms with Crippen molar-refractivity contribution in [1.82, 2.24) is 5.32 Å². The van der Waals surface area contributed by atoms with Crippen LogP contribution in [0, 0.1) is 11.8 Å². The Hall–Kier alpha value is -0.120. The van der Waals surface area contributed by atoms with E-state index >= 15 is 0 Å². The number of hydrogen-bond donors (Lipinski definition) is 1. The fourth-order valence-electron chi connectivity index (χ4n) is 3.72. The van der Waals surface area contributed by atoms with Gasteiger partial charge in [0.2, 0.25) is 0 Å². The van der Waals surface area contributed by atoms with Gasteiger partial charge in [0, 0.05) is 25.9 Å². The van der Waals surface area contributed by atoms with Crippen LogP contribution >= 0.6 is 0 Å². The first-order valence-corrected chi connectivity index (χ1v) is 8.12. The average Bonchev–Trinajstić information content (AvgIpc) is 2.40. The first-order valence-electron chi connectivity index (χ1n) is 8.12. The van der Waals surface area contributed by atoms with E-state index < -0.39 is 0 Å². The summed E-state index contributed by atoms with van der Waals surface area (Å²) < 4.78 is 11.7. The lowest BCUT2D eigenvalue weighted by atomic mass is 9.75. The van der Waals surface area contributed by atoms with Gasteiger partial charge in [-0.3, -0.25) is 0 Å². The predicted octanol–water partition coefficient (Wildman–Crippen LogP) is 2.99. The van der Waals surface area contributed by atoms with Crippen LogP contribution in [0.3, 0.4) is 0 Å². The second kappa shape index (κ2) is 7.05. The molecule has 2 aliphatic heterocycles. The van der Waals surface area contributed by atoms with Gasteiger partial charge < -0.3 is 14.8 Å². The minimum atomic E-state index is 0.127. The van der Waals surface area contributed by atoms with Crippen molar-refractivity contribution < 1.29 is 9.47 Å². The maximum absolute atomic E-state index is 6.16. The molecular formula is C16H31NO2. The van der Waals surface area contributed by atoms with E-state index in [0.717, 1.165) is 45.1 Å². The lowest BCUT2D eigenvalue weighted by molar-refractivity contribution is -0.151. The normalized spacial score (nSPS) is 28.7. The number of ether oxygens (including phenoxy) is 2. The van der Waals surface area contributed by atoms with E-state index in [4.69, 9.17) is 9.47 Å². The number of nitrogens with one attached hydrogen (secondary N) is 1. The molecule has 19 heavy (non-hydrogen) atoms. The molecule has 3 nitrogen and oxygen atoms in total. The van der Waals surface area contributed by atoms with E-state index in [9.17, 15) is 0 Å². The Morgan fingerprint density at radius 1 is 1.21 bits per heavy atom. The third kappa shape index (κ3) is 3.93. The standard InChI is InChI=1S/C16H31NO2/c1-4-8-17-15(13(2)3)14-5-9-19-16(12-14)6-10-18-11-7-16/h13-15,17H,4-12H2,1-3H3. The molecule has 2 rings (SSSR count). The van der Waals surface area contributed by atoms with Crippen LogP contribution in [-0.4, -0.2) is 38.0 Å². The molecule has 2 aliphatic rings. The van der Waals surface area contributed by atoms with Gasteiger partial charge >= 0.3 is 0 Å². The molecule has 0 saturated carbocycles. The van der Waals surface area contributed by atoms with Crippen molar-refractivity contribution in [3.05, 3.63) is 0 Å². The zero-order valence-electron chi connectivity index (χ0n) is 12.9. The van der Waals surface area contributed by atoms with Crippen LogP contribution in [0.1, 0.15) is 52.9 Å². The lowest BCUT2D eigenvalue weighted by Gasteiger charge is -2.46. The van der Waals surface area contributed by atoms with Crippen molar-refractivity contribution in [3.8, 4) is 0 Å².